The molecular formula is C14H14F3NO. The largest absolute Gasteiger partial charge is 0.490 e. The highest BCUT2D eigenvalue weighted by Crippen LogP contribution is 2.38. The van der Waals surface area contributed by atoms with Gasteiger partial charge in [0.2, 0.25) is 0 Å². The van der Waals surface area contributed by atoms with Crippen LogP contribution in [0.25, 0.3) is 0 Å². The normalized spacial score (nSPS) is 16.9. The molecule has 0 N–H and O–H groups in total. The number of halogens is 3. The monoisotopic (exact) mass is 269 g/mol. The molecular weight excluding hydrogens is 255 g/mol. The van der Waals surface area contributed by atoms with Gasteiger partial charge >= 0.3 is 6.18 Å². The number of benzene rings is 1. The van der Waals surface area contributed by atoms with Crippen LogP contribution in [-0.2, 0) is 6.18 Å². The molecule has 1 aliphatic rings. The molecule has 0 radical (unpaired) electrons. The van der Waals surface area contributed by atoms with Crippen molar-refractivity contribution in [2.24, 2.45) is 0 Å². The second-order valence-electron chi connectivity index (χ2n) is 4.70. The number of hydrogen-bond acceptors (Lipinski definition) is 2. The van der Waals surface area contributed by atoms with E-state index in [1.165, 1.54) is 12.1 Å². The molecule has 1 aromatic carbocycles. The summed E-state index contributed by atoms with van der Waals surface area (Å²) < 4.78 is 44.3. The molecule has 102 valence electrons. The molecule has 5 heteroatoms. The van der Waals surface area contributed by atoms with Gasteiger partial charge in [0.1, 0.15) is 5.75 Å². The van der Waals surface area contributed by atoms with Crippen molar-refractivity contribution in [1.29, 1.82) is 5.26 Å². The van der Waals surface area contributed by atoms with Gasteiger partial charge in [0, 0.05) is 0 Å². The molecule has 2 nitrogen and oxygen atoms in total. The van der Waals surface area contributed by atoms with Crippen LogP contribution in [0, 0.1) is 11.3 Å². The van der Waals surface area contributed by atoms with E-state index in [9.17, 15) is 13.2 Å². The van der Waals surface area contributed by atoms with Crippen molar-refractivity contribution in [1.82, 2.24) is 0 Å². The highest BCUT2D eigenvalue weighted by Gasteiger charge is 2.35. The SMILES string of the molecule is N#Cc1ccc(OC2CCCCC2)c(C(F)(F)F)c1. The van der Waals surface area contributed by atoms with Gasteiger partial charge < -0.3 is 4.74 Å². The Kier molecular flexibility index (Phi) is 3.98. The van der Waals surface area contributed by atoms with Crippen LogP contribution in [0.3, 0.4) is 0 Å². The summed E-state index contributed by atoms with van der Waals surface area (Å²) >= 11 is 0. The Morgan fingerprint density at radius 2 is 1.84 bits per heavy atom. The molecule has 1 fully saturated rings. The van der Waals surface area contributed by atoms with Crippen molar-refractivity contribution in [3.63, 3.8) is 0 Å². The number of nitrogens with zero attached hydrogens (tertiary/aromatic N) is 1. The highest BCUT2D eigenvalue weighted by molar-refractivity contribution is 5.43. The predicted octanol–water partition coefficient (Wildman–Crippen LogP) is 4.29. The van der Waals surface area contributed by atoms with E-state index >= 15 is 0 Å². The molecule has 19 heavy (non-hydrogen) atoms. The maximum absolute atomic E-state index is 12.9. The first-order valence-corrected chi connectivity index (χ1v) is 6.28. The summed E-state index contributed by atoms with van der Waals surface area (Å²) in [6.45, 7) is 0. The van der Waals surface area contributed by atoms with E-state index in [1.807, 2.05) is 0 Å². The lowest BCUT2D eigenvalue weighted by atomic mass is 9.97. The van der Waals surface area contributed by atoms with E-state index in [2.05, 4.69) is 0 Å². The van der Waals surface area contributed by atoms with Crippen molar-refractivity contribution in [3.8, 4) is 11.8 Å². The number of nitriles is 1. The zero-order valence-corrected chi connectivity index (χ0v) is 10.3. The second-order valence-corrected chi connectivity index (χ2v) is 4.70. The lowest BCUT2D eigenvalue weighted by molar-refractivity contribution is -0.139. The van der Waals surface area contributed by atoms with E-state index in [4.69, 9.17) is 10.00 Å². The fourth-order valence-corrected chi connectivity index (χ4v) is 2.29. The minimum Gasteiger partial charge on any atom is -0.490 e. The molecule has 1 aromatic rings. The molecule has 1 saturated carbocycles. The van der Waals surface area contributed by atoms with Gasteiger partial charge in [-0.25, -0.2) is 0 Å². The van der Waals surface area contributed by atoms with Crippen molar-refractivity contribution in [2.75, 3.05) is 0 Å². The van der Waals surface area contributed by atoms with Crippen molar-refractivity contribution < 1.29 is 17.9 Å². The molecule has 0 amide bonds. The van der Waals surface area contributed by atoms with Crippen molar-refractivity contribution >= 4 is 0 Å². The molecule has 1 aliphatic carbocycles. The van der Waals surface area contributed by atoms with Crippen LogP contribution in [0.4, 0.5) is 13.2 Å². The first-order chi connectivity index (χ1) is 9.00. The number of ether oxygens (including phenoxy) is 1. The van der Waals surface area contributed by atoms with Crippen molar-refractivity contribution in [3.05, 3.63) is 29.3 Å². The zero-order chi connectivity index (χ0) is 13.9. The van der Waals surface area contributed by atoms with Gasteiger partial charge in [0.15, 0.2) is 0 Å². The topological polar surface area (TPSA) is 33.0 Å². The third-order valence-electron chi connectivity index (χ3n) is 3.26. The quantitative estimate of drug-likeness (QED) is 0.802. The summed E-state index contributed by atoms with van der Waals surface area (Å²) in [4.78, 5) is 0. The van der Waals surface area contributed by atoms with E-state index in [-0.39, 0.29) is 17.4 Å². The summed E-state index contributed by atoms with van der Waals surface area (Å²) in [5, 5.41) is 8.68. The molecule has 0 aromatic heterocycles. The van der Waals surface area contributed by atoms with Crippen LogP contribution < -0.4 is 4.74 Å². The molecule has 0 heterocycles. The zero-order valence-electron chi connectivity index (χ0n) is 10.3. The molecule has 2 rings (SSSR count). The van der Waals surface area contributed by atoms with Gasteiger partial charge in [0.25, 0.3) is 0 Å². The molecule has 0 aliphatic heterocycles. The Bertz CT molecular complexity index is 484. The van der Waals surface area contributed by atoms with E-state index in [1.54, 1.807) is 6.07 Å². The van der Waals surface area contributed by atoms with Gasteiger partial charge in [-0.3, -0.25) is 0 Å². The van der Waals surface area contributed by atoms with E-state index in [0.717, 1.165) is 38.2 Å². The van der Waals surface area contributed by atoms with Gasteiger partial charge in [-0.2, -0.15) is 18.4 Å². The third kappa shape index (κ3) is 3.40. The fourth-order valence-electron chi connectivity index (χ4n) is 2.29. The fraction of sp³-hybridized carbons (Fsp3) is 0.500. The minimum absolute atomic E-state index is 0.0108. The Morgan fingerprint density at radius 1 is 1.16 bits per heavy atom. The highest BCUT2D eigenvalue weighted by atomic mass is 19.4. The predicted molar refractivity (Wildman–Crippen MR) is 63.7 cm³/mol. The second kappa shape index (κ2) is 5.52. The maximum Gasteiger partial charge on any atom is 0.420 e. The van der Waals surface area contributed by atoms with Gasteiger partial charge in [0.05, 0.1) is 23.3 Å². The Labute approximate surface area is 109 Å². The summed E-state index contributed by atoms with van der Waals surface area (Å²) in [6, 6.07) is 5.16. The van der Waals surface area contributed by atoms with Crippen molar-refractivity contribution in [2.45, 2.75) is 44.4 Å². The number of rotatable bonds is 2. The van der Waals surface area contributed by atoms with Crippen LogP contribution in [0.15, 0.2) is 18.2 Å². The standard InChI is InChI=1S/C14H14F3NO/c15-14(16,17)12-8-10(9-18)6-7-13(12)19-11-4-2-1-3-5-11/h6-8,11H,1-5H2. The smallest absolute Gasteiger partial charge is 0.420 e. The van der Waals surface area contributed by atoms with Crippen LogP contribution in [-0.4, -0.2) is 6.10 Å². The molecule has 0 bridgehead atoms. The molecule has 0 spiro atoms. The lowest BCUT2D eigenvalue weighted by Gasteiger charge is -2.24. The van der Waals surface area contributed by atoms with Crippen LogP contribution in [0.5, 0.6) is 5.75 Å². The lowest BCUT2D eigenvalue weighted by Crippen LogP contribution is -2.21. The van der Waals surface area contributed by atoms with Crippen LogP contribution in [0.2, 0.25) is 0 Å². The first-order valence-electron chi connectivity index (χ1n) is 6.28. The molecule has 0 atom stereocenters. The minimum atomic E-state index is -4.50. The third-order valence-corrected chi connectivity index (χ3v) is 3.26. The summed E-state index contributed by atoms with van der Waals surface area (Å²) in [5.41, 5.74) is -0.875. The average Bonchev–Trinajstić information content (AvgIpc) is 2.39. The molecule has 0 saturated heterocycles. The first kappa shape index (κ1) is 13.7. The Hall–Kier alpha value is -1.70. The van der Waals surface area contributed by atoms with Gasteiger partial charge in [-0.15, -0.1) is 0 Å². The summed E-state index contributed by atoms with van der Waals surface area (Å²) in [6.07, 6.45) is 0.0119. The maximum atomic E-state index is 12.9. The Morgan fingerprint density at radius 3 is 2.42 bits per heavy atom. The average molecular weight is 269 g/mol. The summed E-state index contributed by atoms with van der Waals surface area (Å²) in [5.74, 6) is -0.168. The van der Waals surface area contributed by atoms with E-state index < -0.39 is 11.7 Å². The van der Waals surface area contributed by atoms with E-state index in [0.29, 0.717) is 0 Å². The van der Waals surface area contributed by atoms with Crippen LogP contribution in [0.1, 0.15) is 43.2 Å². The Balaban J connectivity index is 2.26. The van der Waals surface area contributed by atoms with Gasteiger partial charge in [-0.05, 0) is 43.9 Å². The number of alkyl halides is 3. The number of hydrogen-bond donors (Lipinski definition) is 0. The van der Waals surface area contributed by atoms with Gasteiger partial charge in [-0.1, -0.05) is 6.42 Å². The van der Waals surface area contributed by atoms with Crippen LogP contribution >= 0.6 is 0 Å². The molecule has 0 unspecified atom stereocenters. The summed E-state index contributed by atoms with van der Waals surface area (Å²) in [7, 11) is 0.